The van der Waals surface area contributed by atoms with E-state index in [0.29, 0.717) is 0 Å². The molecule has 0 fully saturated rings. The van der Waals surface area contributed by atoms with Crippen molar-refractivity contribution < 1.29 is 8.81 Å². The van der Waals surface area contributed by atoms with Crippen molar-refractivity contribution in [3.05, 3.63) is 36.6 Å². The molecule has 0 saturated carbocycles. The molecule has 5 heteroatoms. The Morgan fingerprint density at radius 1 is 1.31 bits per heavy atom. The Morgan fingerprint density at radius 3 is 2.94 bits per heavy atom. The number of halogens is 1. The first-order chi connectivity index (χ1) is 7.74. The highest BCUT2D eigenvalue weighted by molar-refractivity contribution is 5.83. The summed E-state index contributed by atoms with van der Waals surface area (Å²) < 4.78 is 19.3. The van der Waals surface area contributed by atoms with Crippen LogP contribution >= 0.6 is 0 Å². The molecule has 0 bridgehead atoms. The lowest BCUT2D eigenvalue weighted by molar-refractivity contribution is 0.366. The molecule has 0 atom stereocenters. The zero-order valence-electron chi connectivity index (χ0n) is 8.51. The first kappa shape index (κ1) is 9.08. The van der Waals surface area contributed by atoms with Crippen LogP contribution in [0.1, 0.15) is 0 Å². The molecule has 16 heavy (non-hydrogen) atoms. The van der Waals surface area contributed by atoms with Gasteiger partial charge in [-0.15, -0.1) is 0 Å². The minimum Gasteiger partial charge on any atom is -0.411 e. The quantitative estimate of drug-likeness (QED) is 0.628. The van der Waals surface area contributed by atoms with Crippen LogP contribution in [0.5, 0.6) is 0 Å². The number of benzene rings is 1. The molecule has 2 aromatic heterocycles. The predicted octanol–water partition coefficient (Wildman–Crippen LogP) is 2.37. The fourth-order valence-corrected chi connectivity index (χ4v) is 1.68. The van der Waals surface area contributed by atoms with Crippen molar-refractivity contribution in [3.8, 4) is 11.5 Å². The van der Waals surface area contributed by atoms with Crippen molar-refractivity contribution in [2.75, 3.05) is 0 Å². The molecule has 0 unspecified atom stereocenters. The van der Waals surface area contributed by atoms with E-state index >= 15 is 0 Å². The first-order valence-electron chi connectivity index (χ1n) is 4.77. The monoisotopic (exact) mass is 217 g/mol. The van der Waals surface area contributed by atoms with E-state index in [4.69, 9.17) is 4.42 Å². The third-order valence-corrected chi connectivity index (χ3v) is 2.47. The molecule has 0 saturated heterocycles. The third kappa shape index (κ3) is 1.29. The molecule has 1 aromatic carbocycles. The van der Waals surface area contributed by atoms with Gasteiger partial charge < -0.3 is 4.42 Å². The minimum atomic E-state index is -0.679. The number of nitrogens with zero attached hydrogens (tertiary/aromatic N) is 3. The van der Waals surface area contributed by atoms with Crippen LogP contribution in [0.3, 0.4) is 0 Å². The summed E-state index contributed by atoms with van der Waals surface area (Å²) >= 11 is 0. The first-order valence-corrected chi connectivity index (χ1v) is 4.77. The van der Waals surface area contributed by atoms with Crippen molar-refractivity contribution >= 4 is 10.9 Å². The van der Waals surface area contributed by atoms with Gasteiger partial charge in [0.25, 0.3) is 6.01 Å². The van der Waals surface area contributed by atoms with Crippen LogP contribution in [0.4, 0.5) is 4.39 Å². The van der Waals surface area contributed by atoms with Crippen LogP contribution in [0.15, 0.2) is 35.0 Å². The molecule has 3 aromatic rings. The lowest BCUT2D eigenvalue weighted by Crippen LogP contribution is -1.88. The molecule has 4 nitrogen and oxygen atoms in total. The van der Waals surface area contributed by atoms with Gasteiger partial charge in [-0.3, -0.25) is 4.68 Å². The topological polar surface area (TPSA) is 43.9 Å². The van der Waals surface area contributed by atoms with Crippen LogP contribution < -0.4 is 0 Å². The number of hydrogen-bond acceptors (Lipinski definition) is 3. The maximum absolute atomic E-state index is 12.7. The highest BCUT2D eigenvalue weighted by atomic mass is 19.1. The van der Waals surface area contributed by atoms with E-state index in [0.717, 1.165) is 22.7 Å². The largest absolute Gasteiger partial charge is 0.411 e. The average Bonchev–Trinajstić information content (AvgIpc) is 2.86. The van der Waals surface area contributed by atoms with Gasteiger partial charge in [0.1, 0.15) is 6.20 Å². The fraction of sp³-hybridized carbons (Fsp3) is 0.0909. The molecule has 80 valence electrons. The zero-order chi connectivity index (χ0) is 11.1. The second kappa shape index (κ2) is 3.16. The normalized spacial score (nSPS) is 11.1. The van der Waals surface area contributed by atoms with Crippen molar-refractivity contribution in [3.63, 3.8) is 0 Å². The predicted molar refractivity (Wildman–Crippen MR) is 56.2 cm³/mol. The van der Waals surface area contributed by atoms with Crippen LogP contribution in [-0.2, 0) is 7.05 Å². The van der Waals surface area contributed by atoms with E-state index in [9.17, 15) is 4.39 Å². The van der Waals surface area contributed by atoms with E-state index in [2.05, 4.69) is 10.1 Å². The standard InChI is InChI=1S/C11H8FN3O/c1-15-9-3-2-7(4-8(9)5-14-15)11-13-6-10(12)16-11/h2-6H,1H3. The molecule has 3 rings (SSSR count). The Bertz CT molecular complexity index is 656. The van der Waals surface area contributed by atoms with Gasteiger partial charge in [0, 0.05) is 18.0 Å². The van der Waals surface area contributed by atoms with Gasteiger partial charge in [0.15, 0.2) is 0 Å². The second-order valence-electron chi connectivity index (χ2n) is 3.51. The number of aromatic nitrogens is 3. The SMILES string of the molecule is Cn1ncc2cc(-c3ncc(F)o3)ccc21. The molecule has 0 aliphatic carbocycles. The van der Waals surface area contributed by atoms with Gasteiger partial charge in [-0.1, -0.05) is 0 Å². The Kier molecular flexibility index (Phi) is 1.80. The molecular weight excluding hydrogens is 209 g/mol. The van der Waals surface area contributed by atoms with Gasteiger partial charge >= 0.3 is 0 Å². The Balaban J connectivity index is 2.18. The van der Waals surface area contributed by atoms with Crippen molar-refractivity contribution in [2.24, 2.45) is 7.05 Å². The Labute approximate surface area is 90.3 Å². The molecule has 0 spiro atoms. The summed E-state index contributed by atoms with van der Waals surface area (Å²) in [5, 5.41) is 5.10. The Morgan fingerprint density at radius 2 is 2.19 bits per heavy atom. The van der Waals surface area contributed by atoms with E-state index in [-0.39, 0.29) is 5.89 Å². The molecule has 0 aliphatic heterocycles. The van der Waals surface area contributed by atoms with Crippen LogP contribution in [0, 0.1) is 6.01 Å². The third-order valence-electron chi connectivity index (χ3n) is 2.47. The van der Waals surface area contributed by atoms with E-state index in [1.54, 1.807) is 10.9 Å². The molecule has 2 heterocycles. The average molecular weight is 217 g/mol. The summed E-state index contributed by atoms with van der Waals surface area (Å²) in [4.78, 5) is 3.83. The molecule has 0 aliphatic rings. The number of hydrogen-bond donors (Lipinski definition) is 0. The molecule has 0 amide bonds. The smallest absolute Gasteiger partial charge is 0.298 e. The second-order valence-corrected chi connectivity index (χ2v) is 3.51. The van der Waals surface area contributed by atoms with Gasteiger partial charge in [-0.2, -0.15) is 9.49 Å². The van der Waals surface area contributed by atoms with E-state index < -0.39 is 6.01 Å². The summed E-state index contributed by atoms with van der Waals surface area (Å²) in [5.74, 6) is 0.281. The summed E-state index contributed by atoms with van der Waals surface area (Å²) in [6.45, 7) is 0. The lowest BCUT2D eigenvalue weighted by Gasteiger charge is -1.96. The van der Waals surface area contributed by atoms with Crippen molar-refractivity contribution in [1.82, 2.24) is 14.8 Å². The molecule has 0 N–H and O–H groups in total. The Hall–Kier alpha value is -2.17. The number of rotatable bonds is 1. The van der Waals surface area contributed by atoms with E-state index in [1.165, 1.54) is 0 Å². The summed E-state index contributed by atoms with van der Waals surface area (Å²) in [5.41, 5.74) is 1.75. The maximum Gasteiger partial charge on any atom is 0.298 e. The highest BCUT2D eigenvalue weighted by Gasteiger charge is 2.08. The highest BCUT2D eigenvalue weighted by Crippen LogP contribution is 2.23. The molecule has 0 radical (unpaired) electrons. The zero-order valence-corrected chi connectivity index (χ0v) is 8.51. The summed E-state index contributed by atoms with van der Waals surface area (Å²) in [7, 11) is 1.87. The van der Waals surface area contributed by atoms with Crippen LogP contribution in [-0.4, -0.2) is 14.8 Å². The van der Waals surface area contributed by atoms with Gasteiger partial charge in [-0.05, 0) is 18.2 Å². The maximum atomic E-state index is 12.7. The van der Waals surface area contributed by atoms with Gasteiger partial charge in [-0.25, -0.2) is 4.98 Å². The summed E-state index contributed by atoms with van der Waals surface area (Å²) in [6, 6.07) is 4.92. The van der Waals surface area contributed by atoms with Crippen molar-refractivity contribution in [1.29, 1.82) is 0 Å². The van der Waals surface area contributed by atoms with Crippen LogP contribution in [0.25, 0.3) is 22.4 Å². The van der Waals surface area contributed by atoms with Crippen LogP contribution in [0.2, 0.25) is 0 Å². The number of aryl methyl sites for hydroxylation is 1. The minimum absolute atomic E-state index is 0.281. The lowest BCUT2D eigenvalue weighted by atomic mass is 10.1. The molecular formula is C11H8FN3O. The number of fused-ring (bicyclic) bond motifs is 1. The summed E-state index contributed by atoms with van der Waals surface area (Å²) in [6.07, 6.45) is 2.81. The van der Waals surface area contributed by atoms with Crippen molar-refractivity contribution in [2.45, 2.75) is 0 Å². The van der Waals surface area contributed by atoms with Gasteiger partial charge in [0.05, 0.1) is 11.7 Å². The van der Waals surface area contributed by atoms with Gasteiger partial charge in [0.2, 0.25) is 5.89 Å². The number of oxazole rings is 1. The fourth-order valence-electron chi connectivity index (χ4n) is 1.68. The van der Waals surface area contributed by atoms with E-state index in [1.807, 2.05) is 25.2 Å².